The monoisotopic (exact) mass is 509 g/mol. The summed E-state index contributed by atoms with van der Waals surface area (Å²) >= 11 is 3.67. The number of piperazine rings is 1. The number of rotatable bonds is 4. The molecule has 2 aliphatic heterocycles. The maximum absolute atomic E-state index is 11.9. The fourth-order valence-corrected chi connectivity index (χ4v) is 4.94. The Morgan fingerprint density at radius 2 is 1.85 bits per heavy atom. The Kier molecular flexibility index (Phi) is 6.16. The molecule has 0 unspecified atom stereocenters. The van der Waals surface area contributed by atoms with Gasteiger partial charge in [0.05, 0.1) is 24.1 Å². The molecule has 1 saturated heterocycles. The predicted molar refractivity (Wildman–Crippen MR) is 131 cm³/mol. The van der Waals surface area contributed by atoms with E-state index in [1.807, 2.05) is 24.3 Å². The molecule has 0 bridgehead atoms. The van der Waals surface area contributed by atoms with E-state index in [9.17, 15) is 4.79 Å². The van der Waals surface area contributed by atoms with Crippen LogP contribution >= 0.6 is 15.9 Å². The Balaban J connectivity index is 1.39. The number of benzene rings is 1. The van der Waals surface area contributed by atoms with Crippen LogP contribution in [0.4, 0.5) is 5.82 Å². The predicted octanol–water partition coefficient (Wildman–Crippen LogP) is 2.87. The molecule has 2 aromatic heterocycles. The molecule has 0 N–H and O–H groups in total. The van der Waals surface area contributed by atoms with E-state index >= 15 is 0 Å². The van der Waals surface area contributed by atoms with Crippen molar-refractivity contribution in [1.82, 2.24) is 29.5 Å². The molecule has 2 aliphatic rings. The number of carbonyl (C=O) groups excluding carboxylic acids is 1. The summed E-state index contributed by atoms with van der Waals surface area (Å²) in [6.07, 6.45) is 4.56. The standard InChI is InChI=1S/C24H28BrN7O/c1-17(33)32-8-7-21-22(16-32)27-23(19-13-26-29(2)14-19)24(28-21)31-11-9-30(10-12-31)15-18-5-3-4-6-20(18)25/h3-6,13-14H,7-12,15-16H2,1-2H3. The van der Waals surface area contributed by atoms with Gasteiger partial charge in [-0.25, -0.2) is 9.97 Å². The zero-order valence-electron chi connectivity index (χ0n) is 19.0. The number of aromatic nitrogens is 4. The van der Waals surface area contributed by atoms with Crippen LogP contribution in [-0.4, -0.2) is 68.2 Å². The van der Waals surface area contributed by atoms with E-state index in [1.54, 1.807) is 11.6 Å². The number of hydrogen-bond donors (Lipinski definition) is 0. The number of fused-ring (bicyclic) bond motifs is 1. The number of anilines is 1. The minimum atomic E-state index is 0.0793. The molecule has 3 aromatic rings. The minimum Gasteiger partial charge on any atom is -0.352 e. The number of halogens is 1. The van der Waals surface area contributed by atoms with Crippen LogP contribution in [0.1, 0.15) is 23.9 Å². The van der Waals surface area contributed by atoms with Crippen molar-refractivity contribution in [3.05, 3.63) is 58.1 Å². The topological polar surface area (TPSA) is 70.4 Å². The summed E-state index contributed by atoms with van der Waals surface area (Å²) in [5.41, 5.74) is 5.02. The van der Waals surface area contributed by atoms with Gasteiger partial charge in [-0.1, -0.05) is 34.1 Å². The molecule has 0 aliphatic carbocycles. The van der Waals surface area contributed by atoms with E-state index in [2.05, 4.69) is 55.1 Å². The number of carbonyl (C=O) groups is 1. The van der Waals surface area contributed by atoms with Crippen LogP contribution in [0.25, 0.3) is 11.3 Å². The smallest absolute Gasteiger partial charge is 0.219 e. The molecular weight excluding hydrogens is 482 g/mol. The van der Waals surface area contributed by atoms with Crippen LogP contribution in [0, 0.1) is 0 Å². The van der Waals surface area contributed by atoms with Gasteiger partial charge in [0.1, 0.15) is 5.69 Å². The Hall–Kier alpha value is -2.78. The van der Waals surface area contributed by atoms with Crippen LogP contribution in [0.5, 0.6) is 0 Å². The van der Waals surface area contributed by atoms with Crippen molar-refractivity contribution >= 4 is 27.7 Å². The van der Waals surface area contributed by atoms with E-state index in [1.165, 1.54) is 5.56 Å². The summed E-state index contributed by atoms with van der Waals surface area (Å²) in [5.74, 6) is 1.01. The Labute approximate surface area is 202 Å². The third-order valence-electron chi connectivity index (χ3n) is 6.44. The summed E-state index contributed by atoms with van der Waals surface area (Å²) in [6.45, 7) is 7.47. The molecule has 5 rings (SSSR count). The number of aryl methyl sites for hydroxylation is 1. The Morgan fingerprint density at radius 3 is 2.55 bits per heavy atom. The van der Waals surface area contributed by atoms with Crippen molar-refractivity contribution in [2.75, 3.05) is 37.6 Å². The lowest BCUT2D eigenvalue weighted by Crippen LogP contribution is -2.46. The first-order valence-electron chi connectivity index (χ1n) is 11.3. The van der Waals surface area contributed by atoms with E-state index in [-0.39, 0.29) is 5.91 Å². The summed E-state index contributed by atoms with van der Waals surface area (Å²) < 4.78 is 2.95. The maximum atomic E-state index is 11.9. The average Bonchev–Trinajstić information content (AvgIpc) is 3.26. The highest BCUT2D eigenvalue weighted by Crippen LogP contribution is 2.31. The molecule has 172 valence electrons. The zero-order chi connectivity index (χ0) is 22.9. The highest BCUT2D eigenvalue weighted by molar-refractivity contribution is 9.10. The largest absolute Gasteiger partial charge is 0.352 e. The minimum absolute atomic E-state index is 0.0793. The van der Waals surface area contributed by atoms with E-state index in [0.717, 1.165) is 72.1 Å². The average molecular weight is 510 g/mol. The van der Waals surface area contributed by atoms with Crippen molar-refractivity contribution in [1.29, 1.82) is 0 Å². The molecule has 4 heterocycles. The molecule has 33 heavy (non-hydrogen) atoms. The molecule has 0 radical (unpaired) electrons. The zero-order valence-corrected chi connectivity index (χ0v) is 20.6. The first-order valence-corrected chi connectivity index (χ1v) is 12.1. The molecule has 1 amide bonds. The molecule has 1 aromatic carbocycles. The Morgan fingerprint density at radius 1 is 1.06 bits per heavy atom. The van der Waals surface area contributed by atoms with Crippen molar-refractivity contribution < 1.29 is 4.79 Å². The van der Waals surface area contributed by atoms with E-state index in [0.29, 0.717) is 13.1 Å². The SMILES string of the molecule is CC(=O)N1CCc2nc(N3CCN(Cc4ccccc4Br)CC3)c(-c3cnn(C)c3)nc2C1. The van der Waals surface area contributed by atoms with Gasteiger partial charge in [-0.2, -0.15) is 5.10 Å². The summed E-state index contributed by atoms with van der Waals surface area (Å²) in [7, 11) is 1.91. The number of hydrogen-bond acceptors (Lipinski definition) is 6. The molecule has 0 atom stereocenters. The third kappa shape index (κ3) is 4.65. The van der Waals surface area contributed by atoms with Crippen molar-refractivity contribution in [2.45, 2.75) is 26.4 Å². The Bertz CT molecular complexity index is 1170. The molecule has 1 fully saturated rings. The van der Waals surface area contributed by atoms with E-state index < -0.39 is 0 Å². The van der Waals surface area contributed by atoms with Gasteiger partial charge in [-0.05, 0) is 11.6 Å². The van der Waals surface area contributed by atoms with Gasteiger partial charge in [0.25, 0.3) is 0 Å². The first kappa shape index (κ1) is 22.0. The van der Waals surface area contributed by atoms with Crippen molar-refractivity contribution in [2.24, 2.45) is 7.05 Å². The quantitative estimate of drug-likeness (QED) is 0.538. The molecule has 0 spiro atoms. The summed E-state index contributed by atoms with van der Waals surface area (Å²) in [6, 6.07) is 8.42. The summed E-state index contributed by atoms with van der Waals surface area (Å²) in [4.78, 5) is 28.7. The van der Waals surface area contributed by atoms with Crippen LogP contribution in [0.2, 0.25) is 0 Å². The fraction of sp³-hybridized carbons (Fsp3) is 0.417. The number of nitrogens with zero attached hydrogens (tertiary/aromatic N) is 7. The lowest BCUT2D eigenvalue weighted by atomic mass is 10.1. The van der Waals surface area contributed by atoms with Crippen molar-refractivity contribution in [3.63, 3.8) is 0 Å². The van der Waals surface area contributed by atoms with Gasteiger partial charge in [-0.15, -0.1) is 0 Å². The molecule has 9 heteroatoms. The normalized spacial score (nSPS) is 16.7. The van der Waals surface area contributed by atoms with Crippen LogP contribution in [0.3, 0.4) is 0 Å². The molecule has 8 nitrogen and oxygen atoms in total. The second-order valence-electron chi connectivity index (χ2n) is 8.74. The highest BCUT2D eigenvalue weighted by Gasteiger charge is 2.27. The van der Waals surface area contributed by atoms with Crippen LogP contribution < -0.4 is 4.90 Å². The van der Waals surface area contributed by atoms with Crippen LogP contribution in [-0.2, 0) is 31.4 Å². The fourth-order valence-electron chi connectivity index (χ4n) is 4.53. The van der Waals surface area contributed by atoms with Crippen molar-refractivity contribution in [3.8, 4) is 11.3 Å². The van der Waals surface area contributed by atoms with Gasteiger partial charge in [0.15, 0.2) is 5.82 Å². The third-order valence-corrected chi connectivity index (χ3v) is 7.21. The highest BCUT2D eigenvalue weighted by atomic mass is 79.9. The van der Waals surface area contributed by atoms with Gasteiger partial charge in [-0.3, -0.25) is 14.4 Å². The first-order chi connectivity index (χ1) is 16.0. The summed E-state index contributed by atoms with van der Waals surface area (Å²) in [5, 5.41) is 4.35. The lowest BCUT2D eigenvalue weighted by molar-refractivity contribution is -0.129. The maximum Gasteiger partial charge on any atom is 0.219 e. The molecule has 0 saturated carbocycles. The second-order valence-corrected chi connectivity index (χ2v) is 9.59. The second kappa shape index (κ2) is 9.23. The van der Waals surface area contributed by atoms with Gasteiger partial charge in [0, 0.05) is 75.9 Å². The van der Waals surface area contributed by atoms with Gasteiger partial charge in [0.2, 0.25) is 5.91 Å². The van der Waals surface area contributed by atoms with Gasteiger partial charge < -0.3 is 9.80 Å². The van der Waals surface area contributed by atoms with E-state index in [4.69, 9.17) is 9.97 Å². The lowest BCUT2D eigenvalue weighted by Gasteiger charge is -2.37. The van der Waals surface area contributed by atoms with Crippen LogP contribution in [0.15, 0.2) is 41.1 Å². The molecular formula is C24H28BrN7O. The number of amides is 1. The van der Waals surface area contributed by atoms with Gasteiger partial charge >= 0.3 is 0 Å².